The minimum atomic E-state index is -1.16. The lowest BCUT2D eigenvalue weighted by Crippen LogP contribution is -2.44. The van der Waals surface area contributed by atoms with Crippen molar-refractivity contribution in [2.75, 3.05) is 43.4 Å². The first-order valence-corrected chi connectivity index (χ1v) is 11.3. The average molecular weight is 488 g/mol. The first-order chi connectivity index (χ1) is 16.5. The fraction of sp³-hybridized carbons (Fsp3) is 0.417. The molecule has 1 fully saturated rings. The minimum absolute atomic E-state index is 0.101. The highest BCUT2D eigenvalue weighted by molar-refractivity contribution is 5.91. The topological polar surface area (TPSA) is 128 Å². The molecule has 0 atom stereocenters. The van der Waals surface area contributed by atoms with Gasteiger partial charge in [-0.05, 0) is 57.1 Å². The van der Waals surface area contributed by atoms with Crippen molar-refractivity contribution in [3.05, 3.63) is 52.3 Å². The smallest absolute Gasteiger partial charge is 0.405 e. The largest absolute Gasteiger partial charge is 0.465 e. The van der Waals surface area contributed by atoms with Gasteiger partial charge in [-0.25, -0.2) is 4.79 Å². The Labute approximate surface area is 202 Å². The zero-order chi connectivity index (χ0) is 25.8. The van der Waals surface area contributed by atoms with Crippen LogP contribution >= 0.6 is 0 Å². The van der Waals surface area contributed by atoms with Gasteiger partial charge >= 0.3 is 11.8 Å². The van der Waals surface area contributed by atoms with E-state index in [4.69, 9.17) is 5.11 Å². The third kappa shape index (κ3) is 6.66. The van der Waals surface area contributed by atoms with Crippen molar-refractivity contribution in [2.45, 2.75) is 32.2 Å². The van der Waals surface area contributed by atoms with Gasteiger partial charge in [0.1, 0.15) is 5.69 Å². The average Bonchev–Trinajstić information content (AvgIpc) is 2.78. The highest BCUT2D eigenvalue weighted by Gasteiger charge is 2.29. The van der Waals surface area contributed by atoms with E-state index in [1.165, 1.54) is 0 Å². The van der Waals surface area contributed by atoms with Crippen LogP contribution in [-0.2, 0) is 4.79 Å². The van der Waals surface area contributed by atoms with E-state index in [9.17, 15) is 19.7 Å². The highest BCUT2D eigenvalue weighted by atomic mass is 19.1. The summed E-state index contributed by atoms with van der Waals surface area (Å²) in [5.74, 6) is -1.19. The van der Waals surface area contributed by atoms with Gasteiger partial charge in [0.2, 0.25) is 11.7 Å². The molecule has 3 N–H and O–H groups in total. The van der Waals surface area contributed by atoms with Crippen LogP contribution in [0.3, 0.4) is 0 Å². The lowest BCUT2D eigenvalue weighted by atomic mass is 9.98. The predicted molar refractivity (Wildman–Crippen MR) is 131 cm³/mol. The van der Waals surface area contributed by atoms with Crippen LogP contribution in [0.2, 0.25) is 0 Å². The maximum atomic E-state index is 15.3. The molecule has 1 saturated heterocycles. The van der Waals surface area contributed by atoms with E-state index < -0.39 is 28.1 Å². The van der Waals surface area contributed by atoms with Gasteiger partial charge in [-0.15, -0.1) is 0 Å². The molecule has 35 heavy (non-hydrogen) atoms. The Morgan fingerprint density at radius 3 is 2.31 bits per heavy atom. The SMILES string of the molecule is CN1CCN(c2ccc(-c3ccc(NC(=O)CCC(C)(C)NC(=O)O)cc3)c(F)c2[N+](=O)[O-])CC1. The molecule has 0 bridgehead atoms. The van der Waals surface area contributed by atoms with E-state index in [1.54, 1.807) is 50.2 Å². The van der Waals surface area contributed by atoms with E-state index in [1.807, 2.05) is 11.9 Å². The molecule has 0 aliphatic carbocycles. The first kappa shape index (κ1) is 25.9. The normalized spacial score (nSPS) is 14.5. The van der Waals surface area contributed by atoms with Crippen LogP contribution in [0, 0.1) is 15.9 Å². The number of nitrogens with zero attached hydrogens (tertiary/aromatic N) is 3. The summed E-state index contributed by atoms with van der Waals surface area (Å²) in [5, 5.41) is 25.7. The number of halogens is 1. The standard InChI is InChI=1S/C24H30FN5O5/c1-24(2,27-23(32)33)11-10-20(31)26-17-6-4-16(5-7-17)18-8-9-19(22(21(18)25)30(34)35)29-14-12-28(3)13-15-29/h4-9,27H,10-15H2,1-3H3,(H,26,31)(H,32,33). The molecule has 1 heterocycles. The second kappa shape index (κ2) is 10.7. The first-order valence-electron chi connectivity index (χ1n) is 11.3. The molecule has 10 nitrogen and oxygen atoms in total. The Bertz CT molecular complexity index is 1100. The number of amides is 2. The summed E-state index contributed by atoms with van der Waals surface area (Å²) in [5.41, 5.74) is 0.00628. The number of nitro groups is 1. The quantitative estimate of drug-likeness (QED) is 0.380. The predicted octanol–water partition coefficient (Wildman–Crippen LogP) is 3.92. The number of benzene rings is 2. The lowest BCUT2D eigenvalue weighted by molar-refractivity contribution is -0.386. The fourth-order valence-electron chi connectivity index (χ4n) is 3.99. The summed E-state index contributed by atoms with van der Waals surface area (Å²) >= 11 is 0. The summed E-state index contributed by atoms with van der Waals surface area (Å²) < 4.78 is 15.3. The number of rotatable bonds is 8. The molecule has 0 radical (unpaired) electrons. The molecule has 2 aromatic carbocycles. The summed E-state index contributed by atoms with van der Waals surface area (Å²) in [6, 6.07) is 9.49. The molecule has 2 aromatic rings. The maximum absolute atomic E-state index is 15.3. The van der Waals surface area contributed by atoms with E-state index >= 15 is 4.39 Å². The van der Waals surface area contributed by atoms with Crippen molar-refractivity contribution < 1.29 is 24.0 Å². The van der Waals surface area contributed by atoms with Crippen molar-refractivity contribution in [3.8, 4) is 11.1 Å². The van der Waals surface area contributed by atoms with Crippen LogP contribution in [-0.4, -0.2) is 65.7 Å². The zero-order valence-corrected chi connectivity index (χ0v) is 20.0. The van der Waals surface area contributed by atoms with Gasteiger partial charge < -0.3 is 25.5 Å². The van der Waals surface area contributed by atoms with Crippen LogP contribution in [0.25, 0.3) is 11.1 Å². The number of carbonyl (C=O) groups excluding carboxylic acids is 1. The van der Waals surface area contributed by atoms with E-state index in [2.05, 4.69) is 15.5 Å². The number of hydrogen-bond acceptors (Lipinski definition) is 6. The maximum Gasteiger partial charge on any atom is 0.405 e. The van der Waals surface area contributed by atoms with Gasteiger partial charge in [0.15, 0.2) is 0 Å². The molecule has 1 aliphatic heterocycles. The van der Waals surface area contributed by atoms with Crippen molar-refractivity contribution >= 4 is 29.1 Å². The molecule has 1 aliphatic rings. The molecule has 11 heteroatoms. The summed E-state index contributed by atoms with van der Waals surface area (Å²) in [4.78, 5) is 38.1. The molecule has 0 aromatic heterocycles. The summed E-state index contributed by atoms with van der Waals surface area (Å²) in [6.07, 6.45) is -0.753. The Hall–Kier alpha value is -3.73. The molecule has 188 valence electrons. The van der Waals surface area contributed by atoms with Gasteiger partial charge in [0, 0.05) is 49.4 Å². The lowest BCUT2D eigenvalue weighted by Gasteiger charge is -2.33. The number of likely N-dealkylation sites (N-methyl/N-ethyl adjacent to an activating group) is 1. The van der Waals surface area contributed by atoms with Gasteiger partial charge in [0.05, 0.1) is 4.92 Å². The molecule has 2 amide bonds. The van der Waals surface area contributed by atoms with E-state index in [0.29, 0.717) is 30.8 Å². The fourth-order valence-corrected chi connectivity index (χ4v) is 3.99. The Morgan fingerprint density at radius 2 is 1.74 bits per heavy atom. The number of nitro benzene ring substituents is 1. The molecule has 0 unspecified atom stereocenters. The highest BCUT2D eigenvalue weighted by Crippen LogP contribution is 2.37. The van der Waals surface area contributed by atoms with Crippen molar-refractivity contribution in [3.63, 3.8) is 0 Å². The number of carboxylic acid groups (broad SMARTS) is 1. The van der Waals surface area contributed by atoms with Gasteiger partial charge in [-0.2, -0.15) is 4.39 Å². The Kier molecular flexibility index (Phi) is 7.90. The summed E-state index contributed by atoms with van der Waals surface area (Å²) in [6.45, 7) is 6.00. The third-order valence-corrected chi connectivity index (χ3v) is 6.02. The Morgan fingerprint density at radius 1 is 1.11 bits per heavy atom. The molecule has 0 spiro atoms. The van der Waals surface area contributed by atoms with Crippen molar-refractivity contribution in [2.24, 2.45) is 0 Å². The van der Waals surface area contributed by atoms with Crippen LogP contribution in [0.15, 0.2) is 36.4 Å². The number of carbonyl (C=O) groups is 2. The van der Waals surface area contributed by atoms with Gasteiger partial charge in [-0.1, -0.05) is 12.1 Å². The number of nitrogens with one attached hydrogen (secondary N) is 2. The van der Waals surface area contributed by atoms with Crippen LogP contribution in [0.4, 0.5) is 26.2 Å². The minimum Gasteiger partial charge on any atom is -0.465 e. The van der Waals surface area contributed by atoms with Crippen molar-refractivity contribution in [1.82, 2.24) is 10.2 Å². The molecular formula is C24H30FN5O5. The molecular weight excluding hydrogens is 457 g/mol. The number of piperazine rings is 1. The van der Waals surface area contributed by atoms with Crippen molar-refractivity contribution in [1.29, 1.82) is 0 Å². The number of anilines is 2. The van der Waals surface area contributed by atoms with Crippen LogP contribution < -0.4 is 15.5 Å². The van der Waals surface area contributed by atoms with Gasteiger partial charge in [0.25, 0.3) is 0 Å². The van der Waals surface area contributed by atoms with Crippen LogP contribution in [0.5, 0.6) is 0 Å². The van der Waals surface area contributed by atoms with E-state index in [0.717, 1.165) is 13.1 Å². The Balaban J connectivity index is 1.73. The zero-order valence-electron chi connectivity index (χ0n) is 20.0. The van der Waals surface area contributed by atoms with E-state index in [-0.39, 0.29) is 23.6 Å². The number of hydrogen-bond donors (Lipinski definition) is 3. The van der Waals surface area contributed by atoms with Crippen LogP contribution in [0.1, 0.15) is 26.7 Å². The summed E-state index contributed by atoms with van der Waals surface area (Å²) in [7, 11) is 1.97. The second-order valence-electron chi connectivity index (χ2n) is 9.28. The molecule has 3 rings (SSSR count). The van der Waals surface area contributed by atoms with Gasteiger partial charge in [-0.3, -0.25) is 14.9 Å². The second-order valence-corrected chi connectivity index (χ2v) is 9.28. The monoisotopic (exact) mass is 487 g/mol. The molecule has 0 saturated carbocycles. The third-order valence-electron chi connectivity index (χ3n) is 6.02.